The van der Waals surface area contributed by atoms with Gasteiger partial charge in [0.25, 0.3) is 5.91 Å². The van der Waals surface area contributed by atoms with Gasteiger partial charge in [-0.1, -0.05) is 59.1 Å². The van der Waals surface area contributed by atoms with Crippen LogP contribution < -0.4 is 14.8 Å². The van der Waals surface area contributed by atoms with Crippen LogP contribution in [0.2, 0.25) is 15.1 Å². The number of nitrogens with one attached hydrogen (secondary N) is 1. The monoisotopic (exact) mass is 638 g/mol. The second kappa shape index (κ2) is 13.2. The number of ether oxygens (including phenoxy) is 2. The smallest absolute Gasteiger partial charge is 0.416 e. The molecule has 5 nitrogen and oxygen atoms in total. The van der Waals surface area contributed by atoms with Gasteiger partial charge in [-0.25, -0.2) is 0 Å². The van der Waals surface area contributed by atoms with Gasteiger partial charge in [0, 0.05) is 24.7 Å². The quantitative estimate of drug-likeness (QED) is 0.228. The van der Waals surface area contributed by atoms with Gasteiger partial charge in [-0.3, -0.25) is 4.79 Å². The van der Waals surface area contributed by atoms with E-state index in [1.54, 1.807) is 6.07 Å². The first kappa shape index (κ1) is 30.5. The van der Waals surface area contributed by atoms with Crippen LogP contribution >= 0.6 is 34.8 Å². The minimum absolute atomic E-state index is 0.00450. The van der Waals surface area contributed by atoms with Gasteiger partial charge in [0.1, 0.15) is 24.7 Å². The summed E-state index contributed by atoms with van der Waals surface area (Å²) >= 11 is 18.6. The van der Waals surface area contributed by atoms with Crippen LogP contribution in [0.1, 0.15) is 36.0 Å². The van der Waals surface area contributed by atoms with Crippen molar-refractivity contribution in [1.82, 2.24) is 10.2 Å². The Kier molecular flexibility index (Phi) is 9.57. The van der Waals surface area contributed by atoms with Gasteiger partial charge in [-0.05, 0) is 78.9 Å². The van der Waals surface area contributed by atoms with Crippen molar-refractivity contribution in [2.75, 3.05) is 26.3 Å². The molecule has 0 saturated heterocycles. The highest BCUT2D eigenvalue weighted by Crippen LogP contribution is 2.36. The molecule has 11 heteroatoms. The van der Waals surface area contributed by atoms with Crippen LogP contribution in [0.4, 0.5) is 13.2 Å². The molecule has 0 atom stereocenters. The third-order valence-corrected chi connectivity index (χ3v) is 8.32. The SMILES string of the molecule is O=C(C1=C(c2ccc(OCCOc3ccc(C(F)(F)F)cc3Cl)cc2)CCNC1)N(Cc1cccc(Cl)c1Cl)C1CC1. The highest BCUT2D eigenvalue weighted by molar-refractivity contribution is 6.42. The van der Waals surface area contributed by atoms with Crippen LogP contribution in [-0.4, -0.2) is 43.2 Å². The van der Waals surface area contributed by atoms with Gasteiger partial charge in [0.05, 0.1) is 20.6 Å². The predicted octanol–water partition coefficient (Wildman–Crippen LogP) is 8.06. The molecule has 1 saturated carbocycles. The fourth-order valence-electron chi connectivity index (χ4n) is 4.85. The van der Waals surface area contributed by atoms with Gasteiger partial charge in [-0.15, -0.1) is 0 Å². The third kappa shape index (κ3) is 7.35. The third-order valence-electron chi connectivity index (χ3n) is 7.17. The molecule has 3 aromatic rings. The van der Waals surface area contributed by atoms with Crippen LogP contribution in [0.3, 0.4) is 0 Å². The molecular formula is C31H28Cl3F3N2O3. The van der Waals surface area contributed by atoms with Crippen LogP contribution in [0.25, 0.3) is 5.57 Å². The zero-order chi connectivity index (χ0) is 29.9. The summed E-state index contributed by atoms with van der Waals surface area (Å²) in [5.74, 6) is 0.741. The van der Waals surface area contributed by atoms with Crippen molar-refractivity contribution in [1.29, 1.82) is 0 Å². The minimum atomic E-state index is -4.47. The van der Waals surface area contributed by atoms with Gasteiger partial charge in [-0.2, -0.15) is 13.2 Å². The maximum atomic E-state index is 13.9. The van der Waals surface area contributed by atoms with E-state index in [4.69, 9.17) is 44.3 Å². The Balaban J connectivity index is 1.23. The molecule has 1 amide bonds. The number of carbonyl (C=O) groups excluding carboxylic acids is 1. The maximum Gasteiger partial charge on any atom is 0.416 e. The molecule has 1 aliphatic carbocycles. The summed E-state index contributed by atoms with van der Waals surface area (Å²) in [6.07, 6.45) is -1.85. The van der Waals surface area contributed by atoms with E-state index in [1.165, 1.54) is 6.07 Å². The molecule has 2 aliphatic rings. The normalized spacial score (nSPS) is 15.5. The van der Waals surface area contributed by atoms with Crippen LogP contribution in [0.15, 0.2) is 66.2 Å². The number of amides is 1. The van der Waals surface area contributed by atoms with Crippen LogP contribution in [0, 0.1) is 0 Å². The first-order valence-corrected chi connectivity index (χ1v) is 14.6. The molecular weight excluding hydrogens is 612 g/mol. The van der Waals surface area contributed by atoms with E-state index in [1.807, 2.05) is 41.3 Å². The Morgan fingerprint density at radius 1 is 0.952 bits per heavy atom. The summed E-state index contributed by atoms with van der Waals surface area (Å²) in [5.41, 5.74) is 2.66. The van der Waals surface area contributed by atoms with E-state index in [9.17, 15) is 18.0 Å². The largest absolute Gasteiger partial charge is 0.490 e. The summed E-state index contributed by atoms with van der Waals surface area (Å²) in [6, 6.07) is 16.1. The maximum absolute atomic E-state index is 13.9. The molecule has 0 unspecified atom stereocenters. The van der Waals surface area contributed by atoms with Gasteiger partial charge in [0.2, 0.25) is 0 Å². The lowest BCUT2D eigenvalue weighted by atomic mass is 9.93. The molecule has 222 valence electrons. The lowest BCUT2D eigenvalue weighted by Crippen LogP contribution is -2.39. The highest BCUT2D eigenvalue weighted by Gasteiger charge is 2.36. The van der Waals surface area contributed by atoms with Gasteiger partial charge >= 0.3 is 6.18 Å². The Morgan fingerprint density at radius 2 is 1.69 bits per heavy atom. The number of hydrogen-bond donors (Lipinski definition) is 1. The molecule has 5 rings (SSSR count). The molecule has 0 bridgehead atoms. The fraction of sp³-hybridized carbons (Fsp3) is 0.323. The fourth-order valence-corrected chi connectivity index (χ4v) is 5.46. The Hall–Kier alpha value is -2.91. The molecule has 42 heavy (non-hydrogen) atoms. The van der Waals surface area contributed by atoms with Crippen molar-refractivity contribution in [3.05, 3.63) is 98.0 Å². The first-order valence-electron chi connectivity index (χ1n) is 13.5. The average molecular weight is 640 g/mol. The second-order valence-corrected chi connectivity index (χ2v) is 11.3. The number of carbonyl (C=O) groups is 1. The topological polar surface area (TPSA) is 50.8 Å². The Labute approximate surface area is 257 Å². The van der Waals surface area contributed by atoms with Crippen LogP contribution in [-0.2, 0) is 17.5 Å². The summed E-state index contributed by atoms with van der Waals surface area (Å²) < 4.78 is 49.7. The molecule has 1 heterocycles. The molecule has 0 aromatic heterocycles. The summed E-state index contributed by atoms with van der Waals surface area (Å²) in [7, 11) is 0. The highest BCUT2D eigenvalue weighted by atomic mass is 35.5. The van der Waals surface area contributed by atoms with E-state index in [0.717, 1.165) is 53.8 Å². The minimum Gasteiger partial charge on any atom is -0.490 e. The molecule has 1 fully saturated rings. The zero-order valence-corrected chi connectivity index (χ0v) is 24.7. The standard InChI is InChI=1S/C31H28Cl3F3N2O3/c32-26-3-1-2-20(29(26)34)18-39(22-7-8-22)30(40)25-17-38-13-12-24(25)19-4-9-23(10-5-19)41-14-15-42-28-11-6-21(16-27(28)33)31(35,36)37/h1-6,9-11,16,22,38H,7-8,12-15,17-18H2. The van der Waals surface area contributed by atoms with E-state index >= 15 is 0 Å². The summed E-state index contributed by atoms with van der Waals surface area (Å²) in [4.78, 5) is 15.8. The molecule has 3 aromatic carbocycles. The number of halogens is 6. The van der Waals surface area contributed by atoms with E-state index in [2.05, 4.69) is 5.32 Å². The summed E-state index contributed by atoms with van der Waals surface area (Å²) in [5, 5.41) is 4.15. The van der Waals surface area contributed by atoms with Crippen molar-refractivity contribution >= 4 is 46.3 Å². The number of rotatable bonds is 10. The van der Waals surface area contributed by atoms with Gasteiger partial charge < -0.3 is 19.7 Å². The van der Waals surface area contributed by atoms with E-state index in [0.29, 0.717) is 35.3 Å². The Morgan fingerprint density at radius 3 is 2.38 bits per heavy atom. The number of nitrogens with zero attached hydrogens (tertiary/aromatic N) is 1. The Bertz CT molecular complexity index is 1470. The number of alkyl halides is 3. The van der Waals surface area contributed by atoms with Crippen molar-refractivity contribution in [3.8, 4) is 11.5 Å². The van der Waals surface area contributed by atoms with Crippen molar-refractivity contribution in [2.24, 2.45) is 0 Å². The van der Waals surface area contributed by atoms with Crippen LogP contribution in [0.5, 0.6) is 11.5 Å². The van der Waals surface area contributed by atoms with Crippen molar-refractivity contribution < 1.29 is 27.4 Å². The number of benzene rings is 3. The predicted molar refractivity (Wildman–Crippen MR) is 158 cm³/mol. The summed E-state index contributed by atoms with van der Waals surface area (Å²) in [6.45, 7) is 1.89. The van der Waals surface area contributed by atoms with Crippen molar-refractivity contribution in [2.45, 2.75) is 38.0 Å². The zero-order valence-electron chi connectivity index (χ0n) is 22.4. The average Bonchev–Trinajstić information content (AvgIpc) is 3.82. The van der Waals surface area contributed by atoms with Crippen molar-refractivity contribution in [3.63, 3.8) is 0 Å². The molecule has 0 radical (unpaired) electrons. The first-order chi connectivity index (χ1) is 20.1. The molecule has 0 spiro atoms. The number of hydrogen-bond acceptors (Lipinski definition) is 4. The lowest BCUT2D eigenvalue weighted by Gasteiger charge is -2.28. The van der Waals surface area contributed by atoms with Gasteiger partial charge in [0.15, 0.2) is 0 Å². The second-order valence-electron chi connectivity index (χ2n) is 10.1. The van der Waals surface area contributed by atoms with E-state index in [-0.39, 0.29) is 35.9 Å². The molecule has 1 aliphatic heterocycles. The molecule has 1 N–H and O–H groups in total. The van der Waals surface area contributed by atoms with E-state index < -0.39 is 11.7 Å². The lowest BCUT2D eigenvalue weighted by molar-refractivity contribution is -0.137.